The zero-order chi connectivity index (χ0) is 12.6. The van der Waals surface area contributed by atoms with E-state index < -0.39 is 5.97 Å². The molecule has 0 radical (unpaired) electrons. The molecule has 90 valence electrons. The fourth-order valence-electron chi connectivity index (χ4n) is 1.69. The molecule has 2 N–H and O–H groups in total. The summed E-state index contributed by atoms with van der Waals surface area (Å²) >= 11 is 6.52. The molecule has 17 heavy (non-hydrogen) atoms. The Kier molecular flexibility index (Phi) is 3.39. The third-order valence-corrected chi connectivity index (χ3v) is 3.45. The maximum Gasteiger partial charge on any atom is 0.337 e. The van der Waals surface area contributed by atoms with E-state index in [0.29, 0.717) is 27.7 Å². The smallest absolute Gasteiger partial charge is 0.337 e. The van der Waals surface area contributed by atoms with E-state index in [2.05, 4.69) is 37.2 Å². The van der Waals surface area contributed by atoms with Crippen LogP contribution in [0.5, 0.6) is 0 Å². The Bertz CT molecular complexity index is 505. The maximum absolute atomic E-state index is 11.6. The second kappa shape index (κ2) is 4.66. The third-order valence-electron chi connectivity index (χ3n) is 2.39. The van der Waals surface area contributed by atoms with Gasteiger partial charge in [-0.3, -0.25) is 4.90 Å². The van der Waals surface area contributed by atoms with Crippen LogP contribution in [0.15, 0.2) is 21.1 Å². The number of carboxylic acids is 1. The van der Waals surface area contributed by atoms with Crippen molar-refractivity contribution in [3.63, 3.8) is 0 Å². The van der Waals surface area contributed by atoms with Crippen LogP contribution in [0.1, 0.15) is 10.4 Å². The van der Waals surface area contributed by atoms with Crippen LogP contribution >= 0.6 is 31.9 Å². The number of hydrogen-bond acceptors (Lipinski definition) is 2. The summed E-state index contributed by atoms with van der Waals surface area (Å²) in [5, 5.41) is 11.8. The van der Waals surface area contributed by atoms with Gasteiger partial charge in [0.2, 0.25) is 0 Å². The van der Waals surface area contributed by atoms with E-state index in [1.165, 1.54) is 11.0 Å². The van der Waals surface area contributed by atoms with Crippen LogP contribution in [-0.4, -0.2) is 30.2 Å². The Morgan fingerprint density at radius 1 is 1.41 bits per heavy atom. The first-order chi connectivity index (χ1) is 8.00. The SMILES string of the molecule is O=C(O)c1cc(Br)cc(Br)c1N1CCNC1=O. The molecule has 0 bridgehead atoms. The minimum absolute atomic E-state index is 0.0864. The highest BCUT2D eigenvalue weighted by Crippen LogP contribution is 2.34. The van der Waals surface area contributed by atoms with Crippen LogP contribution in [0, 0.1) is 0 Å². The van der Waals surface area contributed by atoms with Crippen LogP contribution in [0.2, 0.25) is 0 Å². The quantitative estimate of drug-likeness (QED) is 0.847. The highest BCUT2D eigenvalue weighted by Gasteiger charge is 2.27. The Labute approximate surface area is 114 Å². The number of nitrogens with one attached hydrogen (secondary N) is 1. The standard InChI is InChI=1S/C10H8Br2N2O3/c11-5-3-6(9(15)16)8(7(12)4-5)14-2-1-13-10(14)17/h3-4H,1-2H2,(H,13,17)(H,15,16). The Balaban J connectivity index is 2.58. The number of rotatable bonds is 2. The molecular formula is C10H8Br2N2O3. The summed E-state index contributed by atoms with van der Waals surface area (Å²) in [6.07, 6.45) is 0. The van der Waals surface area contributed by atoms with E-state index in [-0.39, 0.29) is 11.6 Å². The minimum Gasteiger partial charge on any atom is -0.478 e. The molecule has 1 aromatic carbocycles. The Hall–Kier alpha value is -1.08. The van der Waals surface area contributed by atoms with Gasteiger partial charge < -0.3 is 10.4 Å². The number of nitrogens with zero attached hydrogens (tertiary/aromatic N) is 1. The predicted octanol–water partition coefficient (Wildman–Crippen LogP) is 2.44. The first kappa shape index (κ1) is 12.4. The van der Waals surface area contributed by atoms with Gasteiger partial charge in [-0.2, -0.15) is 0 Å². The highest BCUT2D eigenvalue weighted by molar-refractivity contribution is 9.11. The Morgan fingerprint density at radius 2 is 2.12 bits per heavy atom. The van der Waals surface area contributed by atoms with E-state index >= 15 is 0 Å². The van der Waals surface area contributed by atoms with Gasteiger partial charge in [0.25, 0.3) is 0 Å². The number of urea groups is 1. The van der Waals surface area contributed by atoms with Gasteiger partial charge in [-0.25, -0.2) is 9.59 Å². The molecule has 0 saturated carbocycles. The molecule has 0 atom stereocenters. The number of halogens is 2. The van der Waals surface area contributed by atoms with Crippen LogP contribution < -0.4 is 10.2 Å². The van der Waals surface area contributed by atoms with Crippen molar-refractivity contribution in [3.05, 3.63) is 26.6 Å². The van der Waals surface area contributed by atoms with Gasteiger partial charge in [-0.05, 0) is 28.1 Å². The van der Waals surface area contributed by atoms with E-state index in [1.807, 2.05) is 0 Å². The van der Waals surface area contributed by atoms with Gasteiger partial charge in [-0.15, -0.1) is 0 Å². The summed E-state index contributed by atoms with van der Waals surface area (Å²) in [6, 6.07) is 2.91. The number of carbonyl (C=O) groups excluding carboxylic acids is 1. The van der Waals surface area contributed by atoms with Crippen LogP contribution in [-0.2, 0) is 0 Å². The van der Waals surface area contributed by atoms with Crippen LogP contribution in [0.3, 0.4) is 0 Å². The second-order valence-corrected chi connectivity index (χ2v) is 5.24. The molecule has 7 heteroatoms. The zero-order valence-electron chi connectivity index (χ0n) is 8.54. The fourth-order valence-corrected chi connectivity index (χ4v) is 3.13. The number of benzene rings is 1. The summed E-state index contributed by atoms with van der Waals surface area (Å²) in [6.45, 7) is 0.972. The largest absolute Gasteiger partial charge is 0.478 e. The average Bonchev–Trinajstić information content (AvgIpc) is 2.63. The molecule has 0 spiro atoms. The van der Waals surface area contributed by atoms with Crippen molar-refractivity contribution < 1.29 is 14.7 Å². The summed E-state index contributed by atoms with van der Waals surface area (Å²) < 4.78 is 1.21. The van der Waals surface area contributed by atoms with Crippen molar-refractivity contribution in [2.24, 2.45) is 0 Å². The van der Waals surface area contributed by atoms with Crippen LogP contribution in [0.25, 0.3) is 0 Å². The number of anilines is 1. The van der Waals surface area contributed by atoms with E-state index in [1.54, 1.807) is 6.07 Å². The van der Waals surface area contributed by atoms with Crippen LogP contribution in [0.4, 0.5) is 10.5 Å². The Morgan fingerprint density at radius 3 is 2.65 bits per heavy atom. The van der Waals surface area contributed by atoms with E-state index in [0.717, 1.165) is 0 Å². The molecular weight excluding hydrogens is 356 g/mol. The number of aromatic carboxylic acids is 1. The van der Waals surface area contributed by atoms with Gasteiger partial charge >= 0.3 is 12.0 Å². The second-order valence-electron chi connectivity index (χ2n) is 3.47. The molecule has 2 rings (SSSR count). The summed E-state index contributed by atoms with van der Waals surface area (Å²) in [5.74, 6) is -1.07. The lowest BCUT2D eigenvalue weighted by molar-refractivity contribution is 0.0697. The molecule has 0 unspecified atom stereocenters. The van der Waals surface area contributed by atoms with Crippen molar-refractivity contribution in [2.75, 3.05) is 18.0 Å². The van der Waals surface area contributed by atoms with E-state index in [9.17, 15) is 9.59 Å². The number of carboxylic acid groups (broad SMARTS) is 1. The van der Waals surface area contributed by atoms with E-state index in [4.69, 9.17) is 5.11 Å². The minimum atomic E-state index is -1.07. The van der Waals surface area contributed by atoms with Crippen molar-refractivity contribution in [1.29, 1.82) is 0 Å². The molecule has 5 nitrogen and oxygen atoms in total. The maximum atomic E-state index is 11.6. The monoisotopic (exact) mass is 362 g/mol. The van der Waals surface area contributed by atoms with Gasteiger partial charge in [-0.1, -0.05) is 15.9 Å². The number of hydrogen-bond donors (Lipinski definition) is 2. The summed E-state index contributed by atoms with van der Waals surface area (Å²) in [4.78, 5) is 24.2. The first-order valence-corrected chi connectivity index (χ1v) is 6.37. The summed E-state index contributed by atoms with van der Waals surface area (Å²) in [5.41, 5.74) is 0.471. The first-order valence-electron chi connectivity index (χ1n) is 4.78. The summed E-state index contributed by atoms with van der Waals surface area (Å²) in [7, 11) is 0. The lowest BCUT2D eigenvalue weighted by Crippen LogP contribution is -2.29. The third kappa shape index (κ3) is 2.30. The fraction of sp³-hybridized carbons (Fsp3) is 0.200. The van der Waals surface area contributed by atoms with Gasteiger partial charge in [0.15, 0.2) is 0 Å². The number of amides is 2. The molecule has 1 fully saturated rings. The predicted molar refractivity (Wildman–Crippen MR) is 69.5 cm³/mol. The topological polar surface area (TPSA) is 69.6 Å². The average molecular weight is 364 g/mol. The molecule has 1 saturated heterocycles. The lowest BCUT2D eigenvalue weighted by Gasteiger charge is -2.18. The molecule has 0 aromatic heterocycles. The van der Waals surface area contributed by atoms with Gasteiger partial charge in [0.1, 0.15) is 0 Å². The molecule has 0 aliphatic carbocycles. The zero-order valence-corrected chi connectivity index (χ0v) is 11.7. The van der Waals surface area contributed by atoms with Crippen molar-refractivity contribution in [2.45, 2.75) is 0 Å². The molecule has 1 aromatic rings. The van der Waals surface area contributed by atoms with Crippen molar-refractivity contribution in [1.82, 2.24) is 5.32 Å². The molecule has 1 heterocycles. The van der Waals surface area contributed by atoms with Crippen molar-refractivity contribution in [3.8, 4) is 0 Å². The normalized spacial score (nSPS) is 14.9. The highest BCUT2D eigenvalue weighted by atomic mass is 79.9. The molecule has 2 amide bonds. The number of carbonyl (C=O) groups is 2. The van der Waals surface area contributed by atoms with Gasteiger partial charge in [0, 0.05) is 22.0 Å². The molecule has 1 aliphatic heterocycles. The van der Waals surface area contributed by atoms with Crippen molar-refractivity contribution >= 4 is 49.5 Å². The molecule has 1 aliphatic rings. The van der Waals surface area contributed by atoms with Gasteiger partial charge in [0.05, 0.1) is 11.3 Å². The lowest BCUT2D eigenvalue weighted by atomic mass is 10.1.